The largest absolute Gasteiger partial charge is 0.480 e. The van der Waals surface area contributed by atoms with Gasteiger partial charge in [0.05, 0.1) is 17.4 Å². The first-order chi connectivity index (χ1) is 11.6. The van der Waals surface area contributed by atoms with Gasteiger partial charge in [-0.2, -0.15) is 4.98 Å². The van der Waals surface area contributed by atoms with Crippen molar-refractivity contribution < 1.29 is 14.3 Å². The van der Waals surface area contributed by atoms with E-state index >= 15 is 0 Å². The lowest BCUT2D eigenvalue weighted by Gasteiger charge is -2.33. The highest BCUT2D eigenvalue weighted by Crippen LogP contribution is 2.36. The molecule has 7 nitrogen and oxygen atoms in total. The van der Waals surface area contributed by atoms with Gasteiger partial charge in [0.15, 0.2) is 5.82 Å². The van der Waals surface area contributed by atoms with Crippen LogP contribution < -0.4 is 10.1 Å². The Balaban J connectivity index is 0.00000225. The van der Waals surface area contributed by atoms with E-state index in [1.54, 1.807) is 14.2 Å². The molecule has 0 aromatic carbocycles. The minimum Gasteiger partial charge on any atom is -0.480 e. The third-order valence-corrected chi connectivity index (χ3v) is 5.40. The normalized spacial score (nSPS) is 17.4. The van der Waals surface area contributed by atoms with E-state index in [9.17, 15) is 4.79 Å². The number of rotatable bonds is 4. The molecule has 25 heavy (non-hydrogen) atoms. The molecule has 1 atom stereocenters. The van der Waals surface area contributed by atoms with Crippen molar-refractivity contribution in [2.24, 2.45) is 0 Å². The Hall–Kier alpha value is -1.48. The van der Waals surface area contributed by atoms with Gasteiger partial charge in [-0.15, -0.1) is 23.7 Å². The van der Waals surface area contributed by atoms with Gasteiger partial charge in [0.2, 0.25) is 5.88 Å². The van der Waals surface area contributed by atoms with Gasteiger partial charge in [0.25, 0.3) is 5.91 Å². The lowest BCUT2D eigenvalue weighted by molar-refractivity contribution is 0.0660. The van der Waals surface area contributed by atoms with Crippen molar-refractivity contribution in [1.82, 2.24) is 20.2 Å². The van der Waals surface area contributed by atoms with Gasteiger partial charge in [0.1, 0.15) is 11.4 Å². The maximum atomic E-state index is 13.0. The number of hydrogen-bond acceptors (Lipinski definition) is 7. The topological polar surface area (TPSA) is 76.6 Å². The van der Waals surface area contributed by atoms with E-state index in [0.29, 0.717) is 29.7 Å². The second-order valence-corrected chi connectivity index (χ2v) is 6.87. The summed E-state index contributed by atoms with van der Waals surface area (Å²) >= 11 is 1.40. The summed E-state index contributed by atoms with van der Waals surface area (Å²) in [6.45, 7) is 6.65. The Labute approximate surface area is 157 Å². The van der Waals surface area contributed by atoms with Gasteiger partial charge in [-0.1, -0.05) is 0 Å². The molecule has 9 heteroatoms. The van der Waals surface area contributed by atoms with Crippen molar-refractivity contribution in [3.63, 3.8) is 0 Å². The second kappa shape index (κ2) is 8.27. The van der Waals surface area contributed by atoms with E-state index in [2.05, 4.69) is 22.2 Å². The van der Waals surface area contributed by atoms with Crippen LogP contribution in [0.4, 0.5) is 0 Å². The van der Waals surface area contributed by atoms with Crippen LogP contribution in [0.1, 0.15) is 28.0 Å². The van der Waals surface area contributed by atoms with Crippen molar-refractivity contribution in [3.8, 4) is 5.88 Å². The van der Waals surface area contributed by atoms with Gasteiger partial charge in [-0.05, 0) is 19.4 Å². The summed E-state index contributed by atoms with van der Waals surface area (Å²) in [5.41, 5.74) is 0.881. The van der Waals surface area contributed by atoms with Crippen molar-refractivity contribution in [3.05, 3.63) is 16.3 Å². The van der Waals surface area contributed by atoms with E-state index in [1.807, 2.05) is 11.8 Å². The molecule has 3 heterocycles. The Kier molecular flexibility index (Phi) is 6.56. The highest BCUT2D eigenvalue weighted by molar-refractivity contribution is 7.20. The first kappa shape index (κ1) is 19.8. The van der Waals surface area contributed by atoms with Crippen LogP contribution in [0.3, 0.4) is 0 Å². The summed E-state index contributed by atoms with van der Waals surface area (Å²) in [6.07, 6.45) is 0. The van der Waals surface area contributed by atoms with Crippen LogP contribution in [0.5, 0.6) is 5.88 Å². The molecular formula is C16H23ClN4O3S. The summed E-state index contributed by atoms with van der Waals surface area (Å²) in [7, 11) is 3.18. The summed E-state index contributed by atoms with van der Waals surface area (Å²) in [4.78, 5) is 25.3. The molecule has 1 amide bonds. The van der Waals surface area contributed by atoms with Crippen LogP contribution in [0.2, 0.25) is 0 Å². The maximum Gasteiger partial charge on any atom is 0.264 e. The summed E-state index contributed by atoms with van der Waals surface area (Å²) in [5, 5.41) is 4.12. The quantitative estimate of drug-likeness (QED) is 0.866. The number of methoxy groups -OCH3 is 2. The number of fused-ring (bicyclic) bond motifs is 1. The molecule has 0 spiro atoms. The van der Waals surface area contributed by atoms with E-state index < -0.39 is 0 Å². The van der Waals surface area contributed by atoms with Crippen LogP contribution in [0.25, 0.3) is 10.2 Å². The van der Waals surface area contributed by atoms with Crippen LogP contribution in [0, 0.1) is 6.92 Å². The minimum absolute atomic E-state index is 0. The fourth-order valence-electron chi connectivity index (χ4n) is 2.96. The molecule has 2 aromatic rings. The number of carbonyl (C=O) groups is 1. The number of nitrogens with one attached hydrogen (secondary N) is 1. The molecule has 0 unspecified atom stereocenters. The highest BCUT2D eigenvalue weighted by atomic mass is 35.5. The van der Waals surface area contributed by atoms with Crippen molar-refractivity contribution >= 4 is 39.9 Å². The van der Waals surface area contributed by atoms with Gasteiger partial charge >= 0.3 is 0 Å². The lowest BCUT2D eigenvalue weighted by Crippen LogP contribution is -2.52. The smallest absolute Gasteiger partial charge is 0.264 e. The standard InChI is InChI=1S/C16H22N4O3S.ClH/c1-9-7-17-5-6-20(9)16(21)13-10(2)12-14(23-4)18-11(8-22-3)19-15(12)24-13;/h9,17H,5-8H2,1-4H3;1H/t9-;/m1./s1. The highest BCUT2D eigenvalue weighted by Gasteiger charge is 2.28. The molecule has 0 radical (unpaired) electrons. The molecule has 0 saturated carbocycles. The average Bonchev–Trinajstić information content (AvgIpc) is 2.91. The number of halogens is 1. The molecule has 0 aliphatic carbocycles. The first-order valence-corrected chi connectivity index (χ1v) is 8.73. The van der Waals surface area contributed by atoms with E-state index in [1.165, 1.54) is 11.3 Å². The van der Waals surface area contributed by atoms with Gasteiger partial charge < -0.3 is 19.7 Å². The summed E-state index contributed by atoms with van der Waals surface area (Å²) < 4.78 is 10.5. The average molecular weight is 387 g/mol. The summed E-state index contributed by atoms with van der Waals surface area (Å²) in [6, 6.07) is 0.174. The molecule has 1 aliphatic heterocycles. The Morgan fingerprint density at radius 1 is 1.40 bits per heavy atom. The zero-order valence-corrected chi connectivity index (χ0v) is 16.4. The second-order valence-electron chi connectivity index (χ2n) is 5.87. The third-order valence-electron chi connectivity index (χ3n) is 4.23. The zero-order valence-electron chi connectivity index (χ0n) is 14.8. The number of aromatic nitrogens is 2. The van der Waals surface area contributed by atoms with Crippen molar-refractivity contribution in [2.75, 3.05) is 33.9 Å². The summed E-state index contributed by atoms with van der Waals surface area (Å²) in [5.74, 6) is 1.10. The number of aryl methyl sites for hydroxylation is 1. The fourth-order valence-corrected chi connectivity index (χ4v) is 4.11. The van der Waals surface area contributed by atoms with E-state index in [0.717, 1.165) is 28.9 Å². The van der Waals surface area contributed by atoms with Crippen LogP contribution in [0.15, 0.2) is 0 Å². The van der Waals surface area contributed by atoms with Crippen LogP contribution in [-0.4, -0.2) is 60.7 Å². The van der Waals surface area contributed by atoms with Crippen LogP contribution >= 0.6 is 23.7 Å². The number of thiophene rings is 1. The number of piperazine rings is 1. The molecular weight excluding hydrogens is 364 g/mol. The van der Waals surface area contributed by atoms with Gasteiger partial charge in [-0.25, -0.2) is 4.98 Å². The fraction of sp³-hybridized carbons (Fsp3) is 0.562. The van der Waals surface area contributed by atoms with Crippen LogP contribution in [-0.2, 0) is 11.3 Å². The number of ether oxygens (including phenoxy) is 2. The zero-order chi connectivity index (χ0) is 17.3. The molecule has 3 rings (SSSR count). The lowest BCUT2D eigenvalue weighted by atomic mass is 10.1. The molecule has 2 aromatic heterocycles. The predicted molar refractivity (Wildman–Crippen MR) is 100 cm³/mol. The number of nitrogens with zero attached hydrogens (tertiary/aromatic N) is 3. The van der Waals surface area contributed by atoms with Gasteiger partial charge in [0, 0.05) is 32.8 Å². The third kappa shape index (κ3) is 3.72. The molecule has 1 aliphatic rings. The van der Waals surface area contributed by atoms with Crippen molar-refractivity contribution in [1.29, 1.82) is 0 Å². The first-order valence-electron chi connectivity index (χ1n) is 7.91. The Bertz CT molecular complexity index is 767. The predicted octanol–water partition coefficient (Wildman–Crippen LogP) is 2.01. The molecule has 1 N–H and O–H groups in total. The monoisotopic (exact) mass is 386 g/mol. The molecule has 1 saturated heterocycles. The molecule has 138 valence electrons. The Morgan fingerprint density at radius 2 is 2.16 bits per heavy atom. The number of hydrogen-bond donors (Lipinski definition) is 1. The van der Waals surface area contributed by atoms with E-state index in [4.69, 9.17) is 9.47 Å². The van der Waals surface area contributed by atoms with Crippen molar-refractivity contribution in [2.45, 2.75) is 26.5 Å². The SMILES string of the molecule is COCc1nc(OC)c2c(C)c(C(=O)N3CCNC[C@H]3C)sc2n1.Cl. The minimum atomic E-state index is 0. The molecule has 0 bridgehead atoms. The van der Waals surface area contributed by atoms with Gasteiger partial charge in [-0.3, -0.25) is 4.79 Å². The van der Waals surface area contributed by atoms with E-state index in [-0.39, 0.29) is 24.4 Å². The Morgan fingerprint density at radius 3 is 2.80 bits per heavy atom. The number of carbonyl (C=O) groups excluding carboxylic acids is 1. The number of amides is 1. The molecule has 1 fully saturated rings. The maximum absolute atomic E-state index is 13.0.